The molecule has 118 valence electrons. The van der Waals surface area contributed by atoms with Gasteiger partial charge in [0.2, 0.25) is 10.0 Å². The highest BCUT2D eigenvalue weighted by molar-refractivity contribution is 7.89. The van der Waals surface area contributed by atoms with E-state index in [4.69, 9.17) is 9.47 Å². The van der Waals surface area contributed by atoms with E-state index in [1.165, 1.54) is 7.11 Å². The number of hydrogen-bond acceptors (Lipinski definition) is 5. The van der Waals surface area contributed by atoms with Gasteiger partial charge < -0.3 is 14.8 Å². The average molecular weight is 314 g/mol. The van der Waals surface area contributed by atoms with E-state index >= 15 is 0 Å². The number of nitrogens with one attached hydrogen (secondary N) is 1. The van der Waals surface area contributed by atoms with Crippen molar-refractivity contribution in [1.29, 1.82) is 0 Å². The second-order valence-corrected chi connectivity index (χ2v) is 6.92. The van der Waals surface area contributed by atoms with Crippen LogP contribution in [-0.4, -0.2) is 58.9 Å². The Morgan fingerprint density at radius 1 is 1.33 bits per heavy atom. The number of rotatable bonds is 6. The molecule has 2 rings (SSSR count). The molecule has 0 radical (unpaired) electrons. The van der Waals surface area contributed by atoms with Gasteiger partial charge in [-0.05, 0) is 6.07 Å². The fourth-order valence-electron chi connectivity index (χ4n) is 2.53. The minimum absolute atomic E-state index is 0.00481. The summed E-state index contributed by atoms with van der Waals surface area (Å²) in [5, 5.41) is 3.25. The Labute approximate surface area is 126 Å². The highest BCUT2D eigenvalue weighted by atomic mass is 32.2. The van der Waals surface area contributed by atoms with Crippen LogP contribution < -0.4 is 10.1 Å². The molecule has 0 saturated carbocycles. The molecule has 1 N–H and O–H groups in total. The topological polar surface area (TPSA) is 67.9 Å². The number of para-hydroxylation sites is 1. The van der Waals surface area contributed by atoms with E-state index in [0.717, 1.165) is 5.56 Å². The first kappa shape index (κ1) is 16.2. The quantitative estimate of drug-likeness (QED) is 0.833. The van der Waals surface area contributed by atoms with E-state index in [2.05, 4.69) is 5.32 Å². The average Bonchev–Trinajstić information content (AvgIpc) is 2.53. The first-order valence-corrected chi connectivity index (χ1v) is 8.53. The summed E-state index contributed by atoms with van der Waals surface area (Å²) in [5.41, 5.74) is 0.883. The standard InChI is InChI=1S/C14H22N2O4S/c1-19-9-10-21(17,18)16-8-7-15-11-13(16)12-5-3-4-6-14(12)20-2/h3-6,13,15H,7-11H2,1-2H3. The van der Waals surface area contributed by atoms with Crippen LogP contribution in [0.25, 0.3) is 0 Å². The molecular formula is C14H22N2O4S. The maximum absolute atomic E-state index is 12.5. The predicted octanol–water partition coefficient (Wildman–Crippen LogP) is 0.618. The normalized spacial score (nSPS) is 20.4. The Kier molecular flexibility index (Phi) is 5.58. The minimum atomic E-state index is -3.36. The van der Waals surface area contributed by atoms with Crippen LogP contribution in [0.1, 0.15) is 11.6 Å². The molecule has 1 aliphatic heterocycles. The second kappa shape index (κ2) is 7.22. The zero-order chi connectivity index (χ0) is 15.3. The molecule has 21 heavy (non-hydrogen) atoms. The molecule has 0 aliphatic carbocycles. The van der Waals surface area contributed by atoms with Crippen LogP contribution in [0.2, 0.25) is 0 Å². The lowest BCUT2D eigenvalue weighted by atomic mass is 10.0. The molecule has 7 heteroatoms. The van der Waals surface area contributed by atoms with E-state index in [9.17, 15) is 8.42 Å². The van der Waals surface area contributed by atoms with Gasteiger partial charge in [-0.2, -0.15) is 4.31 Å². The molecule has 1 aromatic carbocycles. The van der Waals surface area contributed by atoms with E-state index in [1.54, 1.807) is 11.4 Å². The summed E-state index contributed by atoms with van der Waals surface area (Å²) in [4.78, 5) is 0. The van der Waals surface area contributed by atoms with Gasteiger partial charge in [0.1, 0.15) is 5.75 Å². The Hall–Kier alpha value is -1.15. The molecule has 1 heterocycles. The molecule has 0 amide bonds. The Balaban J connectivity index is 2.31. The van der Waals surface area contributed by atoms with Crippen molar-refractivity contribution in [2.75, 3.05) is 46.2 Å². The Morgan fingerprint density at radius 3 is 2.81 bits per heavy atom. The monoisotopic (exact) mass is 314 g/mol. The molecule has 6 nitrogen and oxygen atoms in total. The van der Waals surface area contributed by atoms with Gasteiger partial charge in [-0.3, -0.25) is 0 Å². The van der Waals surface area contributed by atoms with Gasteiger partial charge in [-0.1, -0.05) is 18.2 Å². The summed E-state index contributed by atoms with van der Waals surface area (Å²) >= 11 is 0. The third-order valence-corrected chi connectivity index (χ3v) is 5.43. The van der Waals surface area contributed by atoms with Crippen LogP contribution in [0.4, 0.5) is 0 Å². The molecule has 1 aliphatic rings. The van der Waals surface area contributed by atoms with Gasteiger partial charge in [0.15, 0.2) is 0 Å². The van der Waals surface area contributed by atoms with E-state index in [1.807, 2.05) is 24.3 Å². The van der Waals surface area contributed by atoms with Crippen molar-refractivity contribution in [1.82, 2.24) is 9.62 Å². The lowest BCUT2D eigenvalue weighted by Gasteiger charge is -2.36. The van der Waals surface area contributed by atoms with Crippen LogP contribution in [0.5, 0.6) is 5.75 Å². The second-order valence-electron chi connectivity index (χ2n) is 4.88. The smallest absolute Gasteiger partial charge is 0.217 e. The number of piperazine rings is 1. The Bertz CT molecular complexity index is 562. The van der Waals surface area contributed by atoms with Gasteiger partial charge in [0.25, 0.3) is 0 Å². The van der Waals surface area contributed by atoms with E-state index in [-0.39, 0.29) is 18.4 Å². The van der Waals surface area contributed by atoms with Crippen LogP contribution in [-0.2, 0) is 14.8 Å². The van der Waals surface area contributed by atoms with Gasteiger partial charge in [0, 0.05) is 32.3 Å². The van der Waals surface area contributed by atoms with Crippen molar-refractivity contribution in [2.24, 2.45) is 0 Å². The molecule has 0 aromatic heterocycles. The van der Waals surface area contributed by atoms with Crippen LogP contribution in [0, 0.1) is 0 Å². The lowest BCUT2D eigenvalue weighted by molar-refractivity contribution is 0.211. The maximum atomic E-state index is 12.5. The van der Waals surface area contributed by atoms with Crippen LogP contribution in [0.15, 0.2) is 24.3 Å². The van der Waals surface area contributed by atoms with Crippen molar-refractivity contribution in [3.8, 4) is 5.75 Å². The van der Waals surface area contributed by atoms with Crippen molar-refractivity contribution >= 4 is 10.0 Å². The summed E-state index contributed by atoms with van der Waals surface area (Å²) in [6.07, 6.45) is 0. The van der Waals surface area contributed by atoms with Crippen LogP contribution in [0.3, 0.4) is 0 Å². The van der Waals surface area contributed by atoms with E-state index < -0.39 is 10.0 Å². The molecular weight excluding hydrogens is 292 g/mol. The van der Waals surface area contributed by atoms with Gasteiger partial charge in [-0.25, -0.2) is 8.42 Å². The summed E-state index contributed by atoms with van der Waals surface area (Å²) in [7, 11) is -0.254. The molecule has 0 spiro atoms. The number of hydrogen-bond donors (Lipinski definition) is 1. The summed E-state index contributed by atoms with van der Waals surface area (Å²) in [6.45, 7) is 1.88. The number of sulfonamides is 1. The summed E-state index contributed by atoms with van der Waals surface area (Å²) in [6, 6.07) is 7.28. The van der Waals surface area contributed by atoms with Crippen molar-refractivity contribution < 1.29 is 17.9 Å². The molecule has 1 atom stereocenters. The van der Waals surface area contributed by atoms with Crippen molar-refractivity contribution in [3.63, 3.8) is 0 Å². The third kappa shape index (κ3) is 3.74. The first-order valence-electron chi connectivity index (χ1n) is 6.92. The summed E-state index contributed by atoms with van der Waals surface area (Å²) in [5.74, 6) is 0.702. The van der Waals surface area contributed by atoms with Crippen molar-refractivity contribution in [3.05, 3.63) is 29.8 Å². The van der Waals surface area contributed by atoms with E-state index in [0.29, 0.717) is 25.4 Å². The fourth-order valence-corrected chi connectivity index (χ4v) is 4.09. The molecule has 1 saturated heterocycles. The lowest BCUT2D eigenvalue weighted by Crippen LogP contribution is -2.49. The van der Waals surface area contributed by atoms with Crippen molar-refractivity contribution in [2.45, 2.75) is 6.04 Å². The maximum Gasteiger partial charge on any atom is 0.217 e. The van der Waals surface area contributed by atoms with Gasteiger partial charge in [-0.15, -0.1) is 0 Å². The predicted molar refractivity (Wildman–Crippen MR) is 81.0 cm³/mol. The van der Waals surface area contributed by atoms with Gasteiger partial charge in [0.05, 0.1) is 25.5 Å². The zero-order valence-corrected chi connectivity index (χ0v) is 13.2. The highest BCUT2D eigenvalue weighted by Gasteiger charge is 2.34. The fraction of sp³-hybridized carbons (Fsp3) is 0.571. The van der Waals surface area contributed by atoms with Crippen LogP contribution >= 0.6 is 0 Å². The molecule has 1 unspecified atom stereocenters. The van der Waals surface area contributed by atoms with Gasteiger partial charge >= 0.3 is 0 Å². The minimum Gasteiger partial charge on any atom is -0.496 e. The first-order chi connectivity index (χ1) is 10.1. The number of ether oxygens (including phenoxy) is 2. The largest absolute Gasteiger partial charge is 0.496 e. The third-order valence-electron chi connectivity index (χ3n) is 3.59. The number of methoxy groups -OCH3 is 2. The SMILES string of the molecule is COCCS(=O)(=O)N1CCNCC1c1ccccc1OC. The summed E-state index contributed by atoms with van der Waals surface area (Å²) < 4.78 is 36.8. The number of nitrogens with zero attached hydrogens (tertiary/aromatic N) is 1. The Morgan fingerprint density at radius 2 is 2.10 bits per heavy atom. The number of benzene rings is 1. The molecule has 0 bridgehead atoms. The molecule has 1 aromatic rings. The molecule has 1 fully saturated rings. The highest BCUT2D eigenvalue weighted by Crippen LogP contribution is 2.31. The zero-order valence-electron chi connectivity index (χ0n) is 12.4.